The van der Waals surface area contributed by atoms with Gasteiger partial charge in [-0.2, -0.15) is 0 Å². The normalized spacial score (nSPS) is 11.0. The van der Waals surface area contributed by atoms with Crippen LogP contribution < -0.4 is 5.56 Å². The number of nitrogens with zero attached hydrogens (tertiary/aromatic N) is 3. The highest BCUT2D eigenvalue weighted by atomic mass is 32.1. The number of hydrogen-bond donors (Lipinski definition) is 0. The predicted molar refractivity (Wildman–Crippen MR) is 113 cm³/mol. The quantitative estimate of drug-likeness (QED) is 0.469. The van der Waals surface area contributed by atoms with Gasteiger partial charge in [0.15, 0.2) is 0 Å². The Morgan fingerprint density at radius 2 is 2.07 bits per heavy atom. The Kier molecular flexibility index (Phi) is 5.22. The van der Waals surface area contributed by atoms with E-state index in [0.29, 0.717) is 15.8 Å². The molecule has 3 aromatic heterocycles. The summed E-state index contributed by atoms with van der Waals surface area (Å²) >= 11 is 1.45. The maximum absolute atomic E-state index is 13.1. The van der Waals surface area contributed by atoms with Gasteiger partial charge in [-0.1, -0.05) is 23.8 Å². The van der Waals surface area contributed by atoms with Crippen LogP contribution in [0.25, 0.3) is 21.3 Å². The van der Waals surface area contributed by atoms with Gasteiger partial charge in [-0.3, -0.25) is 14.3 Å². The molecule has 0 bridgehead atoms. The van der Waals surface area contributed by atoms with Crippen LogP contribution in [0.2, 0.25) is 0 Å². The fourth-order valence-electron chi connectivity index (χ4n) is 3.24. The van der Waals surface area contributed by atoms with Crippen molar-refractivity contribution in [3.05, 3.63) is 81.5 Å². The molecule has 0 atom stereocenters. The zero-order chi connectivity index (χ0) is 20.4. The molecule has 1 aromatic carbocycles. The second-order valence-corrected chi connectivity index (χ2v) is 7.63. The monoisotopic (exact) mass is 405 g/mol. The number of rotatable bonds is 5. The third-order valence-electron chi connectivity index (χ3n) is 4.70. The molecule has 3 heterocycles. The maximum atomic E-state index is 13.1. The van der Waals surface area contributed by atoms with E-state index < -0.39 is 5.97 Å². The third kappa shape index (κ3) is 3.82. The molecule has 7 heteroatoms. The predicted octanol–water partition coefficient (Wildman–Crippen LogP) is 3.99. The van der Waals surface area contributed by atoms with Gasteiger partial charge in [0.25, 0.3) is 5.56 Å². The number of aromatic nitrogens is 3. The summed E-state index contributed by atoms with van der Waals surface area (Å²) in [6, 6.07) is 9.49. The standard InChI is InChI=1S/C22H19N3O3S/c1-14-5-6-17(15(2)10-14)18-12-29-20-19(18)21(26)25(13-24-20)8-9-28-22(27)16-4-3-7-23-11-16/h3-7,10-13H,8-9H2,1-2H3. The van der Waals surface area contributed by atoms with E-state index in [1.165, 1.54) is 34.0 Å². The van der Waals surface area contributed by atoms with Crippen LogP contribution in [-0.4, -0.2) is 27.1 Å². The number of esters is 1. The van der Waals surface area contributed by atoms with Crippen LogP contribution >= 0.6 is 11.3 Å². The van der Waals surface area contributed by atoms with Gasteiger partial charge in [0.2, 0.25) is 0 Å². The molecule has 0 aliphatic heterocycles. The van der Waals surface area contributed by atoms with Gasteiger partial charge >= 0.3 is 5.97 Å². The Morgan fingerprint density at radius 1 is 1.21 bits per heavy atom. The molecule has 0 fully saturated rings. The van der Waals surface area contributed by atoms with Gasteiger partial charge in [0.1, 0.15) is 11.4 Å². The smallest absolute Gasteiger partial charge is 0.339 e. The molecule has 4 rings (SSSR count). The van der Waals surface area contributed by atoms with E-state index in [-0.39, 0.29) is 18.7 Å². The minimum absolute atomic E-state index is 0.0733. The highest BCUT2D eigenvalue weighted by Gasteiger charge is 2.15. The fourth-order valence-corrected chi connectivity index (χ4v) is 4.14. The van der Waals surface area contributed by atoms with Crippen molar-refractivity contribution in [1.29, 1.82) is 0 Å². The molecule has 146 valence electrons. The number of ether oxygens (including phenoxy) is 1. The molecule has 0 saturated heterocycles. The van der Waals surface area contributed by atoms with E-state index in [0.717, 1.165) is 16.7 Å². The summed E-state index contributed by atoms with van der Waals surface area (Å²) in [7, 11) is 0. The molecule has 6 nitrogen and oxygen atoms in total. The van der Waals surface area contributed by atoms with Crippen molar-refractivity contribution in [2.75, 3.05) is 6.61 Å². The lowest BCUT2D eigenvalue weighted by molar-refractivity contribution is 0.0489. The molecule has 0 aliphatic carbocycles. The van der Waals surface area contributed by atoms with E-state index in [1.807, 2.05) is 31.4 Å². The van der Waals surface area contributed by atoms with Crippen LogP contribution in [0.3, 0.4) is 0 Å². The van der Waals surface area contributed by atoms with Crippen LogP contribution in [0.15, 0.2) is 59.2 Å². The van der Waals surface area contributed by atoms with Crippen LogP contribution in [-0.2, 0) is 11.3 Å². The number of aryl methyl sites for hydroxylation is 2. The number of thiophene rings is 1. The summed E-state index contributed by atoms with van der Waals surface area (Å²) in [5.74, 6) is -0.466. The summed E-state index contributed by atoms with van der Waals surface area (Å²) in [5.41, 5.74) is 4.46. The summed E-state index contributed by atoms with van der Waals surface area (Å²) in [6.07, 6.45) is 4.54. The fraction of sp³-hybridized carbons (Fsp3) is 0.182. The van der Waals surface area contributed by atoms with Crippen molar-refractivity contribution in [2.45, 2.75) is 20.4 Å². The Bertz CT molecular complexity index is 1250. The van der Waals surface area contributed by atoms with Gasteiger partial charge in [-0.15, -0.1) is 11.3 Å². The Hall–Kier alpha value is -3.32. The van der Waals surface area contributed by atoms with E-state index in [9.17, 15) is 9.59 Å². The zero-order valence-corrected chi connectivity index (χ0v) is 16.9. The molecule has 0 spiro atoms. The average Bonchev–Trinajstić information content (AvgIpc) is 3.15. The molecule has 29 heavy (non-hydrogen) atoms. The lowest BCUT2D eigenvalue weighted by atomic mass is 9.99. The summed E-state index contributed by atoms with van der Waals surface area (Å²) in [6.45, 7) is 4.39. The molecule has 0 radical (unpaired) electrons. The van der Waals surface area contributed by atoms with Gasteiger partial charge in [-0.05, 0) is 37.1 Å². The SMILES string of the molecule is Cc1ccc(-c2csc3ncn(CCOC(=O)c4cccnc4)c(=O)c23)c(C)c1. The first kappa shape index (κ1) is 19.0. The summed E-state index contributed by atoms with van der Waals surface area (Å²) in [4.78, 5) is 34.1. The van der Waals surface area contributed by atoms with Crippen molar-refractivity contribution in [1.82, 2.24) is 14.5 Å². The third-order valence-corrected chi connectivity index (χ3v) is 5.58. The molecule has 0 amide bonds. The maximum Gasteiger partial charge on any atom is 0.339 e. The Morgan fingerprint density at radius 3 is 2.83 bits per heavy atom. The molecular weight excluding hydrogens is 386 g/mol. The van der Waals surface area contributed by atoms with Crippen molar-refractivity contribution >= 4 is 27.5 Å². The molecular formula is C22H19N3O3S. The number of pyridine rings is 1. The molecule has 0 aliphatic rings. The van der Waals surface area contributed by atoms with Crippen molar-refractivity contribution in [2.24, 2.45) is 0 Å². The van der Waals surface area contributed by atoms with Crippen LogP contribution in [0.4, 0.5) is 0 Å². The van der Waals surface area contributed by atoms with E-state index in [4.69, 9.17) is 4.74 Å². The average molecular weight is 405 g/mol. The molecule has 0 unspecified atom stereocenters. The first-order valence-electron chi connectivity index (χ1n) is 9.16. The van der Waals surface area contributed by atoms with Crippen LogP contribution in [0.1, 0.15) is 21.5 Å². The Labute approximate surface area is 171 Å². The van der Waals surface area contributed by atoms with E-state index in [2.05, 4.69) is 16.0 Å². The van der Waals surface area contributed by atoms with Gasteiger partial charge < -0.3 is 4.74 Å². The minimum Gasteiger partial charge on any atom is -0.460 e. The number of hydrogen-bond acceptors (Lipinski definition) is 6. The number of benzene rings is 1. The van der Waals surface area contributed by atoms with Crippen LogP contribution in [0.5, 0.6) is 0 Å². The lowest BCUT2D eigenvalue weighted by Gasteiger charge is -2.09. The van der Waals surface area contributed by atoms with Crippen molar-refractivity contribution in [3.63, 3.8) is 0 Å². The number of fused-ring (bicyclic) bond motifs is 1. The van der Waals surface area contributed by atoms with Gasteiger partial charge in [0, 0.05) is 23.3 Å². The highest BCUT2D eigenvalue weighted by molar-refractivity contribution is 7.17. The van der Waals surface area contributed by atoms with Gasteiger partial charge in [-0.25, -0.2) is 9.78 Å². The van der Waals surface area contributed by atoms with E-state index >= 15 is 0 Å². The van der Waals surface area contributed by atoms with Crippen molar-refractivity contribution in [3.8, 4) is 11.1 Å². The molecule has 4 aromatic rings. The lowest BCUT2D eigenvalue weighted by Crippen LogP contribution is -2.23. The second kappa shape index (κ2) is 7.97. The first-order valence-corrected chi connectivity index (χ1v) is 10.0. The van der Waals surface area contributed by atoms with Crippen molar-refractivity contribution < 1.29 is 9.53 Å². The summed E-state index contributed by atoms with van der Waals surface area (Å²) in [5, 5.41) is 2.58. The largest absolute Gasteiger partial charge is 0.460 e. The summed E-state index contributed by atoms with van der Waals surface area (Å²) < 4.78 is 6.75. The topological polar surface area (TPSA) is 74.1 Å². The van der Waals surface area contributed by atoms with Gasteiger partial charge in [0.05, 0.1) is 23.8 Å². The molecule has 0 N–H and O–H groups in total. The number of carbonyl (C=O) groups is 1. The first-order chi connectivity index (χ1) is 14.0. The van der Waals surface area contributed by atoms with Crippen LogP contribution in [0, 0.1) is 13.8 Å². The zero-order valence-electron chi connectivity index (χ0n) is 16.1. The molecule has 0 saturated carbocycles. The minimum atomic E-state index is -0.466. The highest BCUT2D eigenvalue weighted by Crippen LogP contribution is 2.32. The number of carbonyl (C=O) groups excluding carboxylic acids is 1. The van der Waals surface area contributed by atoms with E-state index in [1.54, 1.807) is 18.3 Å². The second-order valence-electron chi connectivity index (χ2n) is 6.77. The Balaban J connectivity index is 1.59.